The van der Waals surface area contributed by atoms with Crippen LogP contribution in [0.3, 0.4) is 0 Å². The van der Waals surface area contributed by atoms with Gasteiger partial charge in [0.1, 0.15) is 0 Å². The first kappa shape index (κ1) is 8.49. The van der Waals surface area contributed by atoms with Crippen LogP contribution in [0.4, 0.5) is 0 Å². The van der Waals surface area contributed by atoms with Gasteiger partial charge in [0, 0.05) is 5.92 Å². The summed E-state index contributed by atoms with van der Waals surface area (Å²) in [6.07, 6.45) is 2.56. The smallest absolute Gasteiger partial charge is 0.0717 e. The summed E-state index contributed by atoms with van der Waals surface area (Å²) in [4.78, 5) is 0. The Morgan fingerprint density at radius 1 is 1.23 bits per heavy atom. The molecular weight excluding hydrogens is 292 g/mol. The van der Waals surface area contributed by atoms with Crippen molar-refractivity contribution in [3.63, 3.8) is 0 Å². The lowest BCUT2D eigenvalue weighted by Gasteiger charge is -2.12. The van der Waals surface area contributed by atoms with E-state index in [4.69, 9.17) is 0 Å². The number of rotatable bonds is 0. The van der Waals surface area contributed by atoms with Gasteiger partial charge in [0.25, 0.3) is 0 Å². The lowest BCUT2D eigenvalue weighted by Crippen LogP contribution is -2.00. The Morgan fingerprint density at radius 3 is 2.85 bits per heavy atom. The summed E-state index contributed by atoms with van der Waals surface area (Å²) in [5, 5.41) is 0. The van der Waals surface area contributed by atoms with E-state index < -0.39 is 0 Å². The van der Waals surface area contributed by atoms with Crippen molar-refractivity contribution in [2.24, 2.45) is 5.92 Å². The van der Waals surface area contributed by atoms with E-state index in [0.717, 1.165) is 5.92 Å². The molecule has 13 heavy (non-hydrogen) atoms. The molecule has 1 fully saturated rings. The lowest BCUT2D eigenvalue weighted by molar-refractivity contribution is 0.667. The van der Waals surface area contributed by atoms with Gasteiger partial charge in [0.2, 0.25) is 0 Å². The SMILES string of the molecule is BrC1(Br)[C@H]2CCc3ccccc3[C@@H]21. The van der Waals surface area contributed by atoms with Crippen molar-refractivity contribution < 1.29 is 0 Å². The third kappa shape index (κ3) is 1.08. The van der Waals surface area contributed by atoms with Crippen molar-refractivity contribution in [3.8, 4) is 0 Å². The minimum Gasteiger partial charge on any atom is -0.0717 e. The molecule has 0 aromatic heterocycles. The van der Waals surface area contributed by atoms with Crippen molar-refractivity contribution >= 4 is 31.9 Å². The second-order valence-electron chi connectivity index (χ2n) is 4.00. The first-order valence-electron chi connectivity index (χ1n) is 4.67. The van der Waals surface area contributed by atoms with Crippen LogP contribution in [0, 0.1) is 5.92 Å². The normalized spacial score (nSPS) is 33.4. The van der Waals surface area contributed by atoms with E-state index in [1.807, 2.05) is 0 Å². The van der Waals surface area contributed by atoms with Gasteiger partial charge in [0.05, 0.1) is 3.23 Å². The van der Waals surface area contributed by atoms with Crippen LogP contribution in [0.2, 0.25) is 0 Å². The highest BCUT2D eigenvalue weighted by atomic mass is 79.9. The Hall–Kier alpha value is 0.180. The van der Waals surface area contributed by atoms with Crippen LogP contribution in [0.25, 0.3) is 0 Å². The fourth-order valence-electron chi connectivity index (χ4n) is 2.55. The fourth-order valence-corrected chi connectivity index (χ4v) is 4.40. The molecule has 0 bridgehead atoms. The second kappa shape index (κ2) is 2.60. The Balaban J connectivity index is 2.10. The molecule has 0 spiro atoms. The number of fused-ring (bicyclic) bond motifs is 3. The summed E-state index contributed by atoms with van der Waals surface area (Å²) in [5.41, 5.74) is 3.09. The van der Waals surface area contributed by atoms with Gasteiger partial charge in [-0.3, -0.25) is 0 Å². The summed E-state index contributed by atoms with van der Waals surface area (Å²) >= 11 is 7.53. The van der Waals surface area contributed by atoms with Crippen LogP contribution in [0.5, 0.6) is 0 Å². The van der Waals surface area contributed by atoms with Gasteiger partial charge in [-0.1, -0.05) is 56.1 Å². The standard InChI is InChI=1S/C11H10Br2/c12-11(13)9-6-5-7-3-1-2-4-8(7)10(9)11/h1-4,9-10H,5-6H2/t9-,10-/m0/s1. The highest BCUT2D eigenvalue weighted by molar-refractivity contribution is 9.25. The van der Waals surface area contributed by atoms with Crippen molar-refractivity contribution in [1.29, 1.82) is 0 Å². The van der Waals surface area contributed by atoms with Gasteiger partial charge in [0.15, 0.2) is 0 Å². The van der Waals surface area contributed by atoms with E-state index in [0.29, 0.717) is 5.92 Å². The van der Waals surface area contributed by atoms with E-state index in [1.165, 1.54) is 12.8 Å². The minimum atomic E-state index is 0.215. The monoisotopic (exact) mass is 300 g/mol. The zero-order valence-electron chi connectivity index (χ0n) is 7.13. The molecule has 2 heteroatoms. The summed E-state index contributed by atoms with van der Waals surface area (Å²) in [6.45, 7) is 0. The lowest BCUT2D eigenvalue weighted by atomic mass is 9.92. The molecule has 0 nitrogen and oxygen atoms in total. The quantitative estimate of drug-likeness (QED) is 0.639. The molecule has 68 valence electrons. The molecule has 0 amide bonds. The van der Waals surface area contributed by atoms with Crippen LogP contribution in [-0.2, 0) is 6.42 Å². The van der Waals surface area contributed by atoms with Gasteiger partial charge in [-0.2, -0.15) is 0 Å². The second-order valence-corrected chi connectivity index (χ2v) is 7.68. The van der Waals surface area contributed by atoms with Crippen LogP contribution in [0.15, 0.2) is 24.3 Å². The molecule has 2 atom stereocenters. The Kier molecular flexibility index (Phi) is 1.70. The van der Waals surface area contributed by atoms with E-state index >= 15 is 0 Å². The summed E-state index contributed by atoms with van der Waals surface area (Å²) in [7, 11) is 0. The minimum absolute atomic E-state index is 0.215. The maximum Gasteiger partial charge on any atom is 0.0911 e. The Labute approximate surface area is 95.0 Å². The molecule has 0 N–H and O–H groups in total. The topological polar surface area (TPSA) is 0 Å². The fraction of sp³-hybridized carbons (Fsp3) is 0.455. The summed E-state index contributed by atoms with van der Waals surface area (Å²) < 4.78 is 0.215. The average molecular weight is 302 g/mol. The van der Waals surface area contributed by atoms with Gasteiger partial charge >= 0.3 is 0 Å². The largest absolute Gasteiger partial charge is 0.0911 e. The molecule has 0 saturated heterocycles. The predicted octanol–water partition coefficient (Wildman–Crippen LogP) is 3.83. The number of alkyl halides is 2. The third-order valence-corrected chi connectivity index (χ3v) is 5.48. The molecule has 3 rings (SSSR count). The van der Waals surface area contributed by atoms with Gasteiger partial charge in [-0.15, -0.1) is 0 Å². The Morgan fingerprint density at radius 2 is 2.00 bits per heavy atom. The number of hydrogen-bond acceptors (Lipinski definition) is 0. The van der Waals surface area contributed by atoms with Crippen molar-refractivity contribution in [3.05, 3.63) is 35.4 Å². The third-order valence-electron chi connectivity index (χ3n) is 3.32. The Bertz CT molecular complexity index is 357. The molecular formula is C11H10Br2. The number of halogens is 2. The summed E-state index contributed by atoms with van der Waals surface area (Å²) in [6, 6.07) is 8.83. The molecule has 1 aromatic carbocycles. The highest BCUT2D eigenvalue weighted by Gasteiger charge is 2.63. The molecule has 1 aromatic rings. The maximum absolute atomic E-state index is 3.77. The van der Waals surface area contributed by atoms with Crippen LogP contribution in [0.1, 0.15) is 23.5 Å². The van der Waals surface area contributed by atoms with E-state index in [1.54, 1.807) is 11.1 Å². The maximum atomic E-state index is 3.77. The molecule has 0 aliphatic heterocycles. The van der Waals surface area contributed by atoms with E-state index in [2.05, 4.69) is 56.1 Å². The van der Waals surface area contributed by atoms with Crippen LogP contribution < -0.4 is 0 Å². The van der Waals surface area contributed by atoms with Gasteiger partial charge < -0.3 is 0 Å². The summed E-state index contributed by atoms with van der Waals surface area (Å²) in [5.74, 6) is 1.51. The zero-order chi connectivity index (χ0) is 9.05. The van der Waals surface area contributed by atoms with Crippen LogP contribution >= 0.6 is 31.9 Å². The number of aryl methyl sites for hydroxylation is 1. The predicted molar refractivity (Wildman–Crippen MR) is 61.6 cm³/mol. The zero-order valence-corrected chi connectivity index (χ0v) is 10.3. The number of benzene rings is 1. The van der Waals surface area contributed by atoms with Crippen LogP contribution in [-0.4, -0.2) is 3.23 Å². The first-order chi connectivity index (χ1) is 6.21. The first-order valence-corrected chi connectivity index (χ1v) is 6.25. The van der Waals surface area contributed by atoms with Gasteiger partial charge in [-0.05, 0) is 29.9 Å². The van der Waals surface area contributed by atoms with E-state index in [9.17, 15) is 0 Å². The molecule has 0 heterocycles. The number of hydrogen-bond donors (Lipinski definition) is 0. The van der Waals surface area contributed by atoms with Gasteiger partial charge in [-0.25, -0.2) is 0 Å². The molecule has 1 saturated carbocycles. The van der Waals surface area contributed by atoms with Crippen molar-refractivity contribution in [2.45, 2.75) is 22.0 Å². The molecule has 0 radical (unpaired) electrons. The highest BCUT2D eigenvalue weighted by Crippen LogP contribution is 2.70. The molecule has 0 unspecified atom stereocenters. The molecule has 2 aliphatic carbocycles. The van der Waals surface area contributed by atoms with Crippen molar-refractivity contribution in [2.75, 3.05) is 0 Å². The van der Waals surface area contributed by atoms with Crippen molar-refractivity contribution in [1.82, 2.24) is 0 Å². The van der Waals surface area contributed by atoms with E-state index in [-0.39, 0.29) is 3.23 Å². The average Bonchev–Trinajstić information content (AvgIpc) is 2.70. The molecule has 2 aliphatic rings.